The van der Waals surface area contributed by atoms with Gasteiger partial charge in [0, 0.05) is 0 Å². The van der Waals surface area contributed by atoms with Gasteiger partial charge in [-0.3, -0.25) is 0 Å². The van der Waals surface area contributed by atoms with Crippen molar-refractivity contribution in [3.8, 4) is 0 Å². The molecule has 11 heteroatoms. The second-order valence-corrected chi connectivity index (χ2v) is 6.02. The molecule has 80 valence electrons. The van der Waals surface area contributed by atoms with Crippen LogP contribution >= 0.6 is 13.4 Å². The molecule has 0 amide bonds. The van der Waals surface area contributed by atoms with E-state index in [1.807, 2.05) is 13.8 Å². The Morgan fingerprint density at radius 2 is 0.692 bits per heavy atom. The second-order valence-electron chi connectivity index (χ2n) is 1.03. The van der Waals surface area contributed by atoms with Gasteiger partial charge in [0.2, 0.25) is 0 Å². The molecule has 0 bridgehead atoms. The summed E-state index contributed by atoms with van der Waals surface area (Å²) in [4.78, 5) is 45.3. The first-order chi connectivity index (χ1) is 5.00. The van der Waals surface area contributed by atoms with Crippen molar-refractivity contribution in [1.82, 2.24) is 0 Å². The zero-order valence-electron chi connectivity index (χ0n) is 6.39. The quantitative estimate of drug-likeness (QED) is 0.241. The molecule has 0 radical (unpaired) electrons. The Bertz CT molecular complexity index is 139. The Morgan fingerprint density at radius 1 is 0.692 bits per heavy atom. The van der Waals surface area contributed by atoms with Crippen molar-refractivity contribution in [2.45, 2.75) is 13.8 Å². The molecule has 13 heavy (non-hydrogen) atoms. The summed E-state index contributed by atoms with van der Waals surface area (Å²) in [6.45, 7) is -3.61. The minimum absolute atomic E-state index is 0. The first kappa shape index (κ1) is 24.3. The molecule has 6 nitrogen and oxygen atoms in total. The molecule has 0 spiro atoms. The number of hydrogen-bond acceptors (Lipinski definition) is 2. The third-order valence-electron chi connectivity index (χ3n) is 0. The third kappa shape index (κ3) is 482. The molecule has 0 unspecified atom stereocenters. The SMILES string of the molecule is CC.OP(O)(O)=S.OP(O)(O)=S.[NaH]. The van der Waals surface area contributed by atoms with Crippen LogP contribution in [-0.4, -0.2) is 58.9 Å². The zero-order valence-corrected chi connectivity index (χ0v) is 9.82. The predicted octanol–water partition coefficient (Wildman–Crippen LogP) is -1.25. The summed E-state index contributed by atoms with van der Waals surface area (Å²) in [5, 5.41) is 0. The molecule has 0 saturated carbocycles. The third-order valence-corrected chi connectivity index (χ3v) is 0. The molecule has 0 heterocycles. The summed E-state index contributed by atoms with van der Waals surface area (Å²) in [5.74, 6) is 0. The van der Waals surface area contributed by atoms with E-state index < -0.39 is 13.4 Å². The number of rotatable bonds is 0. The van der Waals surface area contributed by atoms with Crippen LogP contribution in [0.2, 0.25) is 0 Å². The van der Waals surface area contributed by atoms with Crippen molar-refractivity contribution in [2.75, 3.05) is 0 Å². The maximum atomic E-state index is 7.56. The van der Waals surface area contributed by atoms with E-state index in [0.29, 0.717) is 0 Å². The molecule has 0 saturated heterocycles. The van der Waals surface area contributed by atoms with Crippen LogP contribution in [0.3, 0.4) is 0 Å². The Balaban J connectivity index is -0.0000000491. The van der Waals surface area contributed by atoms with E-state index in [9.17, 15) is 0 Å². The minimum atomic E-state index is -3.81. The van der Waals surface area contributed by atoms with Crippen molar-refractivity contribution >= 4 is 66.6 Å². The Kier molecular flexibility index (Phi) is 22.7. The molecule has 0 aliphatic heterocycles. The fraction of sp³-hybridized carbons (Fsp3) is 1.00. The topological polar surface area (TPSA) is 121 Å². The van der Waals surface area contributed by atoms with Gasteiger partial charge in [-0.25, -0.2) is 0 Å². The van der Waals surface area contributed by atoms with Gasteiger partial charge < -0.3 is 29.4 Å². The van der Waals surface area contributed by atoms with Crippen molar-refractivity contribution in [3.05, 3.63) is 0 Å². The van der Waals surface area contributed by atoms with Gasteiger partial charge >= 0.3 is 43.0 Å². The van der Waals surface area contributed by atoms with Crippen molar-refractivity contribution in [3.63, 3.8) is 0 Å². The summed E-state index contributed by atoms with van der Waals surface area (Å²) in [6.07, 6.45) is 0. The van der Waals surface area contributed by atoms with Crippen LogP contribution in [0.1, 0.15) is 13.8 Å². The Morgan fingerprint density at radius 3 is 0.692 bits per heavy atom. The fourth-order valence-electron chi connectivity index (χ4n) is 0. The van der Waals surface area contributed by atoms with Crippen LogP contribution in [0.15, 0.2) is 0 Å². The van der Waals surface area contributed by atoms with Crippen LogP contribution in [0, 0.1) is 0 Å². The van der Waals surface area contributed by atoms with E-state index in [0.717, 1.165) is 0 Å². The van der Waals surface area contributed by atoms with Gasteiger partial charge in [-0.2, -0.15) is 0 Å². The molecular formula is C2H13NaO6P2S2. The van der Waals surface area contributed by atoms with E-state index in [-0.39, 0.29) is 29.6 Å². The number of hydrogen-bond donors (Lipinski definition) is 6. The van der Waals surface area contributed by atoms with Crippen molar-refractivity contribution in [2.24, 2.45) is 0 Å². The average Bonchev–Trinajstić information content (AvgIpc) is 1.59. The molecule has 0 fully saturated rings. The molecule has 0 aliphatic carbocycles. The summed E-state index contributed by atoms with van der Waals surface area (Å²) in [7, 11) is 0. The standard InChI is InChI=1S/C2H6.Na.2H3O3PS.H/c1-2;;2*1-4(2,3)5;/h1-2H3;;2*(H3,1,2,3,5);. The van der Waals surface area contributed by atoms with E-state index in [4.69, 9.17) is 29.4 Å². The summed E-state index contributed by atoms with van der Waals surface area (Å²) >= 11 is 7.21. The summed E-state index contributed by atoms with van der Waals surface area (Å²) in [6, 6.07) is 0. The first-order valence-corrected chi connectivity index (χ1v) is 7.89. The zero-order chi connectivity index (χ0) is 11.0. The van der Waals surface area contributed by atoms with Gasteiger partial charge in [-0.05, 0) is 23.6 Å². The van der Waals surface area contributed by atoms with E-state index in [1.54, 1.807) is 0 Å². The second kappa shape index (κ2) is 12.1. The average molecular weight is 282 g/mol. The fourth-order valence-corrected chi connectivity index (χ4v) is 0. The van der Waals surface area contributed by atoms with Crippen molar-refractivity contribution in [1.29, 1.82) is 0 Å². The summed E-state index contributed by atoms with van der Waals surface area (Å²) < 4.78 is 0. The molecule has 0 aromatic rings. The van der Waals surface area contributed by atoms with Gasteiger partial charge in [-0.1, -0.05) is 13.8 Å². The monoisotopic (exact) mass is 282 g/mol. The molecule has 0 atom stereocenters. The molecule has 0 aromatic heterocycles. The normalized spacial score (nSPS) is 9.54. The first-order valence-electron chi connectivity index (χ1n) is 2.57. The van der Waals surface area contributed by atoms with E-state index in [2.05, 4.69) is 23.6 Å². The Hall–Kier alpha value is 2.06. The molecule has 0 rings (SSSR count). The van der Waals surface area contributed by atoms with Gasteiger partial charge in [0.25, 0.3) is 0 Å². The van der Waals surface area contributed by atoms with Crippen molar-refractivity contribution < 1.29 is 29.4 Å². The van der Waals surface area contributed by atoms with E-state index in [1.165, 1.54) is 0 Å². The molecule has 6 N–H and O–H groups in total. The molecule has 0 aromatic carbocycles. The van der Waals surface area contributed by atoms with Crippen LogP contribution < -0.4 is 0 Å². The maximum absolute atomic E-state index is 7.56. The van der Waals surface area contributed by atoms with Crippen LogP contribution in [0.5, 0.6) is 0 Å². The van der Waals surface area contributed by atoms with Crippen LogP contribution in [-0.2, 0) is 23.6 Å². The van der Waals surface area contributed by atoms with Gasteiger partial charge in [-0.15, -0.1) is 0 Å². The van der Waals surface area contributed by atoms with Crippen LogP contribution in [0.4, 0.5) is 0 Å². The van der Waals surface area contributed by atoms with Gasteiger partial charge in [0.05, 0.1) is 0 Å². The predicted molar refractivity (Wildman–Crippen MR) is 60.4 cm³/mol. The van der Waals surface area contributed by atoms with Gasteiger partial charge in [0.15, 0.2) is 0 Å². The summed E-state index contributed by atoms with van der Waals surface area (Å²) in [5.41, 5.74) is 0. The Labute approximate surface area is 109 Å². The van der Waals surface area contributed by atoms with E-state index >= 15 is 0 Å². The van der Waals surface area contributed by atoms with Crippen LogP contribution in [0.25, 0.3) is 0 Å². The van der Waals surface area contributed by atoms with Gasteiger partial charge in [0.1, 0.15) is 0 Å². The molecular weight excluding hydrogens is 269 g/mol. The molecule has 0 aliphatic rings.